The molecule has 0 aromatic heterocycles. The predicted octanol–water partition coefficient (Wildman–Crippen LogP) is 0.814. The quantitative estimate of drug-likeness (QED) is 0.660. The molecule has 1 atom stereocenters. The third-order valence-electron chi connectivity index (χ3n) is 1.93. The van der Waals surface area contributed by atoms with Crippen LogP contribution >= 0.6 is 0 Å². The fraction of sp³-hybridized carbons (Fsp3) is 0.778. The fourth-order valence-corrected chi connectivity index (χ4v) is 1.24. The summed E-state index contributed by atoms with van der Waals surface area (Å²) in [4.78, 5) is 0. The number of aliphatic hydroxyl groups is 2. The summed E-state index contributed by atoms with van der Waals surface area (Å²) in [5.74, 6) is 0.690. The van der Waals surface area contributed by atoms with Crippen molar-refractivity contribution in [3.8, 4) is 0 Å². The van der Waals surface area contributed by atoms with Gasteiger partial charge < -0.3 is 14.9 Å². The van der Waals surface area contributed by atoms with Crippen molar-refractivity contribution in [3.05, 3.63) is 11.8 Å². The van der Waals surface area contributed by atoms with Crippen molar-refractivity contribution >= 4 is 0 Å². The van der Waals surface area contributed by atoms with Crippen LogP contribution in [0.1, 0.15) is 25.7 Å². The van der Waals surface area contributed by atoms with E-state index in [0.717, 1.165) is 12.8 Å². The van der Waals surface area contributed by atoms with Gasteiger partial charge in [0.1, 0.15) is 11.9 Å². The Bertz CT molecular complexity index is 154. The maximum absolute atomic E-state index is 9.50. The zero-order valence-electron chi connectivity index (χ0n) is 7.20. The second kappa shape index (κ2) is 5.17. The lowest BCUT2D eigenvalue weighted by Gasteiger charge is -2.19. The third kappa shape index (κ3) is 2.83. The van der Waals surface area contributed by atoms with Crippen LogP contribution in [0.5, 0.6) is 0 Å². The highest BCUT2D eigenvalue weighted by molar-refractivity contribution is 5.01. The Hall–Kier alpha value is -0.540. The predicted molar refractivity (Wildman–Crippen MR) is 45.6 cm³/mol. The van der Waals surface area contributed by atoms with Crippen LogP contribution in [-0.4, -0.2) is 29.5 Å². The molecule has 0 spiro atoms. The van der Waals surface area contributed by atoms with E-state index in [4.69, 9.17) is 9.84 Å². The summed E-state index contributed by atoms with van der Waals surface area (Å²) < 4.78 is 5.27. The van der Waals surface area contributed by atoms with E-state index in [1.807, 2.05) is 6.08 Å². The van der Waals surface area contributed by atoms with Crippen LogP contribution in [0.2, 0.25) is 0 Å². The lowest BCUT2D eigenvalue weighted by molar-refractivity contribution is 0.0818. The molecule has 0 aromatic carbocycles. The lowest BCUT2D eigenvalue weighted by Crippen LogP contribution is -2.16. The summed E-state index contributed by atoms with van der Waals surface area (Å²) in [6, 6.07) is 0. The minimum atomic E-state index is -0.516. The Kier molecular flexibility index (Phi) is 4.11. The third-order valence-corrected chi connectivity index (χ3v) is 1.93. The van der Waals surface area contributed by atoms with Gasteiger partial charge in [-0.05, 0) is 31.8 Å². The van der Waals surface area contributed by atoms with E-state index in [2.05, 4.69) is 0 Å². The molecule has 0 aromatic rings. The Labute approximate surface area is 72.7 Å². The minimum absolute atomic E-state index is 0.129. The first-order chi connectivity index (χ1) is 5.84. The second-order valence-corrected chi connectivity index (χ2v) is 2.98. The van der Waals surface area contributed by atoms with E-state index < -0.39 is 6.10 Å². The van der Waals surface area contributed by atoms with Gasteiger partial charge in [-0.1, -0.05) is 0 Å². The highest BCUT2D eigenvalue weighted by atomic mass is 16.5. The monoisotopic (exact) mass is 172 g/mol. The molecule has 70 valence electrons. The molecule has 1 aliphatic rings. The molecule has 3 nitrogen and oxygen atoms in total. The smallest absolute Gasteiger partial charge is 0.120 e. The number of allylic oxidation sites excluding steroid dienone is 1. The van der Waals surface area contributed by atoms with Crippen LogP contribution < -0.4 is 0 Å². The SMILES string of the molecule is OCCCC(O)C1=CCCCO1. The van der Waals surface area contributed by atoms with E-state index in [9.17, 15) is 5.11 Å². The summed E-state index contributed by atoms with van der Waals surface area (Å²) in [6.07, 6.45) is 4.66. The molecule has 0 radical (unpaired) electrons. The molecule has 0 amide bonds. The fourth-order valence-electron chi connectivity index (χ4n) is 1.24. The first-order valence-electron chi connectivity index (χ1n) is 4.46. The van der Waals surface area contributed by atoms with Crippen LogP contribution in [0, 0.1) is 0 Å². The number of rotatable bonds is 4. The van der Waals surface area contributed by atoms with E-state index >= 15 is 0 Å². The zero-order chi connectivity index (χ0) is 8.81. The Morgan fingerprint density at radius 1 is 1.58 bits per heavy atom. The van der Waals surface area contributed by atoms with Gasteiger partial charge in [0.2, 0.25) is 0 Å². The van der Waals surface area contributed by atoms with Gasteiger partial charge in [0, 0.05) is 6.61 Å². The highest BCUT2D eigenvalue weighted by Gasteiger charge is 2.13. The van der Waals surface area contributed by atoms with Crippen LogP contribution in [0.25, 0.3) is 0 Å². The first-order valence-corrected chi connectivity index (χ1v) is 4.46. The molecule has 1 heterocycles. The standard InChI is InChI=1S/C9H16O3/c10-6-3-4-8(11)9-5-1-2-7-12-9/h5,8,10-11H,1-4,6-7H2. The van der Waals surface area contributed by atoms with Gasteiger partial charge >= 0.3 is 0 Å². The largest absolute Gasteiger partial charge is 0.496 e. The molecule has 0 saturated carbocycles. The van der Waals surface area contributed by atoms with Crippen LogP contribution in [0.4, 0.5) is 0 Å². The van der Waals surface area contributed by atoms with Gasteiger partial charge in [0.15, 0.2) is 0 Å². The molecule has 0 saturated heterocycles. The molecule has 0 fully saturated rings. The highest BCUT2D eigenvalue weighted by Crippen LogP contribution is 2.16. The topological polar surface area (TPSA) is 49.7 Å². The van der Waals surface area contributed by atoms with E-state index in [1.165, 1.54) is 0 Å². The van der Waals surface area contributed by atoms with Gasteiger partial charge in [-0.2, -0.15) is 0 Å². The number of aliphatic hydroxyl groups excluding tert-OH is 2. The molecule has 1 aliphatic heterocycles. The molecule has 2 N–H and O–H groups in total. The van der Waals surface area contributed by atoms with Gasteiger partial charge in [-0.15, -0.1) is 0 Å². The van der Waals surface area contributed by atoms with E-state index in [1.54, 1.807) is 0 Å². The molecule has 1 rings (SSSR count). The van der Waals surface area contributed by atoms with E-state index in [-0.39, 0.29) is 6.61 Å². The van der Waals surface area contributed by atoms with Crippen molar-refractivity contribution in [2.24, 2.45) is 0 Å². The van der Waals surface area contributed by atoms with Gasteiger partial charge in [0.05, 0.1) is 6.61 Å². The van der Waals surface area contributed by atoms with Gasteiger partial charge in [-0.25, -0.2) is 0 Å². The van der Waals surface area contributed by atoms with Crippen molar-refractivity contribution in [2.75, 3.05) is 13.2 Å². The van der Waals surface area contributed by atoms with E-state index in [0.29, 0.717) is 25.2 Å². The maximum Gasteiger partial charge on any atom is 0.120 e. The lowest BCUT2D eigenvalue weighted by atomic mass is 10.1. The summed E-state index contributed by atoms with van der Waals surface area (Å²) >= 11 is 0. The second-order valence-electron chi connectivity index (χ2n) is 2.98. The Morgan fingerprint density at radius 2 is 2.42 bits per heavy atom. The molecule has 0 aliphatic carbocycles. The van der Waals surface area contributed by atoms with Crippen molar-refractivity contribution in [3.63, 3.8) is 0 Å². The van der Waals surface area contributed by atoms with Gasteiger partial charge in [0.25, 0.3) is 0 Å². The summed E-state index contributed by atoms with van der Waals surface area (Å²) in [5.41, 5.74) is 0. The van der Waals surface area contributed by atoms with Crippen molar-refractivity contribution in [1.29, 1.82) is 0 Å². The molecule has 1 unspecified atom stereocenters. The molecule has 12 heavy (non-hydrogen) atoms. The summed E-state index contributed by atoms with van der Waals surface area (Å²) in [7, 11) is 0. The minimum Gasteiger partial charge on any atom is -0.496 e. The average Bonchev–Trinajstić information content (AvgIpc) is 2.15. The van der Waals surface area contributed by atoms with Crippen molar-refractivity contribution in [2.45, 2.75) is 31.8 Å². The van der Waals surface area contributed by atoms with Crippen LogP contribution in [0.15, 0.2) is 11.8 Å². The molecular weight excluding hydrogens is 156 g/mol. The average molecular weight is 172 g/mol. The summed E-state index contributed by atoms with van der Waals surface area (Å²) in [6.45, 7) is 0.840. The van der Waals surface area contributed by atoms with Crippen LogP contribution in [-0.2, 0) is 4.74 Å². The number of hydrogen-bond donors (Lipinski definition) is 2. The molecule has 3 heteroatoms. The summed E-state index contributed by atoms with van der Waals surface area (Å²) in [5, 5.41) is 18.0. The number of ether oxygens (including phenoxy) is 1. The molecular formula is C9H16O3. The van der Waals surface area contributed by atoms with Crippen molar-refractivity contribution < 1.29 is 14.9 Å². The van der Waals surface area contributed by atoms with Crippen LogP contribution in [0.3, 0.4) is 0 Å². The zero-order valence-corrected chi connectivity index (χ0v) is 7.20. The Balaban J connectivity index is 2.29. The van der Waals surface area contributed by atoms with Crippen molar-refractivity contribution in [1.82, 2.24) is 0 Å². The van der Waals surface area contributed by atoms with Gasteiger partial charge in [-0.3, -0.25) is 0 Å². The maximum atomic E-state index is 9.50. The first kappa shape index (κ1) is 9.55. The number of hydrogen-bond acceptors (Lipinski definition) is 3. The Morgan fingerprint density at radius 3 is 3.00 bits per heavy atom. The molecule has 0 bridgehead atoms. The normalized spacial score (nSPS) is 19.7.